The van der Waals surface area contributed by atoms with Crippen molar-refractivity contribution in [1.82, 2.24) is 15.6 Å². The summed E-state index contributed by atoms with van der Waals surface area (Å²) < 4.78 is 0. The lowest BCUT2D eigenvalue weighted by Gasteiger charge is -2.39. The molecule has 3 N–H and O–H groups in total. The molecule has 4 rings (SSSR count). The average Bonchev–Trinajstić information content (AvgIpc) is 3.19. The van der Waals surface area contributed by atoms with Crippen LogP contribution in [-0.4, -0.2) is 29.3 Å². The van der Waals surface area contributed by atoms with Gasteiger partial charge in [0.05, 0.1) is 22.8 Å². The van der Waals surface area contributed by atoms with Gasteiger partial charge in [-0.15, -0.1) is 11.3 Å². The summed E-state index contributed by atoms with van der Waals surface area (Å²) in [6, 6.07) is 8.56. The second kappa shape index (κ2) is 6.80. The number of thiazole rings is 1. The lowest BCUT2D eigenvalue weighted by molar-refractivity contribution is 0.0438. The quantitative estimate of drug-likeness (QED) is 0.787. The Morgan fingerprint density at radius 3 is 2.80 bits per heavy atom. The number of hydrogen-bond donors (Lipinski definition) is 3. The van der Waals surface area contributed by atoms with Gasteiger partial charge in [-0.3, -0.25) is 0 Å². The summed E-state index contributed by atoms with van der Waals surface area (Å²) in [6.07, 6.45) is 1.62. The smallest absolute Gasteiger partial charge is 0.0954 e. The number of aromatic nitrogens is 1. The molecule has 2 atom stereocenters. The summed E-state index contributed by atoms with van der Waals surface area (Å²) in [5, 5.41) is 21.6. The first kappa shape index (κ1) is 17.2. The molecule has 5 heteroatoms. The summed E-state index contributed by atoms with van der Waals surface area (Å²) in [7, 11) is 0. The van der Waals surface area contributed by atoms with Gasteiger partial charge in [-0.1, -0.05) is 38.1 Å². The third-order valence-electron chi connectivity index (χ3n) is 5.78. The van der Waals surface area contributed by atoms with Gasteiger partial charge in [-0.25, -0.2) is 4.98 Å². The van der Waals surface area contributed by atoms with E-state index < -0.39 is 0 Å². The largest absolute Gasteiger partial charge is 0.390 e. The van der Waals surface area contributed by atoms with Crippen molar-refractivity contribution in [3.63, 3.8) is 0 Å². The molecule has 1 aliphatic heterocycles. The lowest BCUT2D eigenvalue weighted by atomic mass is 9.72. The first-order valence-corrected chi connectivity index (χ1v) is 10.2. The maximum Gasteiger partial charge on any atom is 0.0954 e. The van der Waals surface area contributed by atoms with Crippen LogP contribution in [0.2, 0.25) is 0 Å². The molecule has 0 radical (unpaired) electrons. The van der Waals surface area contributed by atoms with Crippen LogP contribution in [0.3, 0.4) is 0 Å². The Balaban J connectivity index is 1.57. The number of aliphatic hydroxyl groups excluding tert-OH is 1. The molecule has 25 heavy (non-hydrogen) atoms. The highest BCUT2D eigenvalue weighted by Gasteiger charge is 2.51. The zero-order chi connectivity index (χ0) is 17.4. The zero-order valence-electron chi connectivity index (χ0n) is 15.0. The maximum absolute atomic E-state index is 11.2. The van der Waals surface area contributed by atoms with Crippen LogP contribution in [0.5, 0.6) is 0 Å². The van der Waals surface area contributed by atoms with Gasteiger partial charge in [0.2, 0.25) is 0 Å². The van der Waals surface area contributed by atoms with Crippen LogP contribution in [0, 0.1) is 0 Å². The highest BCUT2D eigenvalue weighted by atomic mass is 32.1. The Labute approximate surface area is 153 Å². The topological polar surface area (TPSA) is 57.2 Å². The van der Waals surface area contributed by atoms with Crippen molar-refractivity contribution in [1.29, 1.82) is 0 Å². The number of aliphatic hydroxyl groups is 1. The maximum atomic E-state index is 11.2. The van der Waals surface area contributed by atoms with Gasteiger partial charge in [-0.05, 0) is 37.1 Å². The van der Waals surface area contributed by atoms with Crippen molar-refractivity contribution in [3.8, 4) is 0 Å². The van der Waals surface area contributed by atoms with Crippen LogP contribution in [0.4, 0.5) is 0 Å². The van der Waals surface area contributed by atoms with Crippen LogP contribution >= 0.6 is 11.3 Å². The minimum atomic E-state index is -0.379. The van der Waals surface area contributed by atoms with Crippen LogP contribution in [0.1, 0.15) is 60.5 Å². The van der Waals surface area contributed by atoms with Crippen molar-refractivity contribution in [2.75, 3.05) is 13.1 Å². The average molecular weight is 358 g/mol. The zero-order valence-corrected chi connectivity index (χ0v) is 15.8. The first-order chi connectivity index (χ1) is 12.1. The van der Waals surface area contributed by atoms with E-state index in [9.17, 15) is 5.11 Å². The fourth-order valence-corrected chi connectivity index (χ4v) is 5.25. The van der Waals surface area contributed by atoms with E-state index in [1.165, 1.54) is 16.1 Å². The Kier molecular flexibility index (Phi) is 4.67. The van der Waals surface area contributed by atoms with Gasteiger partial charge >= 0.3 is 0 Å². The van der Waals surface area contributed by atoms with E-state index in [-0.39, 0.29) is 17.6 Å². The summed E-state index contributed by atoms with van der Waals surface area (Å²) >= 11 is 1.73. The van der Waals surface area contributed by atoms with Crippen LogP contribution in [-0.2, 0) is 12.0 Å². The van der Waals surface area contributed by atoms with E-state index in [1.54, 1.807) is 11.3 Å². The number of nitrogens with zero attached hydrogens (tertiary/aromatic N) is 1. The minimum absolute atomic E-state index is 0.0153. The molecule has 1 fully saturated rings. The molecular weight excluding hydrogens is 330 g/mol. The molecule has 1 aromatic carbocycles. The van der Waals surface area contributed by atoms with E-state index in [4.69, 9.17) is 4.98 Å². The molecule has 2 aromatic rings. The van der Waals surface area contributed by atoms with Gasteiger partial charge < -0.3 is 15.7 Å². The molecule has 134 valence electrons. The number of benzene rings is 1. The van der Waals surface area contributed by atoms with E-state index in [2.05, 4.69) is 54.1 Å². The summed E-state index contributed by atoms with van der Waals surface area (Å²) in [4.78, 5) is 4.72. The standard InChI is InChI=1S/C20H27N3OS/c1-13(2)19-23-14(12-25-19)11-22-17-15-5-3-4-6-16(15)20(18(17)24)7-9-21-10-8-20/h3-6,12-13,17-18,21-22,24H,7-11H2,1-2H3/t17-,18+/m1/s1. The van der Waals surface area contributed by atoms with E-state index >= 15 is 0 Å². The van der Waals surface area contributed by atoms with E-state index in [1.807, 2.05) is 0 Å². The number of nitrogens with one attached hydrogen (secondary N) is 2. The molecule has 0 bridgehead atoms. The van der Waals surface area contributed by atoms with Crippen molar-refractivity contribution in [2.45, 2.75) is 56.7 Å². The number of rotatable bonds is 4. The molecule has 0 amide bonds. The number of fused-ring (bicyclic) bond motifs is 2. The molecular formula is C20H27N3OS. The van der Waals surface area contributed by atoms with Gasteiger partial charge in [-0.2, -0.15) is 0 Å². The molecule has 1 spiro atoms. The predicted octanol–water partition coefficient (Wildman–Crippen LogP) is 3.09. The highest BCUT2D eigenvalue weighted by Crippen LogP contribution is 2.50. The molecule has 1 aliphatic carbocycles. The normalized spacial score (nSPS) is 24.8. The fraction of sp³-hybridized carbons (Fsp3) is 0.550. The Morgan fingerprint density at radius 1 is 1.32 bits per heavy atom. The van der Waals surface area contributed by atoms with Crippen LogP contribution < -0.4 is 10.6 Å². The highest BCUT2D eigenvalue weighted by molar-refractivity contribution is 7.09. The molecule has 1 saturated heterocycles. The number of hydrogen-bond acceptors (Lipinski definition) is 5. The molecule has 4 nitrogen and oxygen atoms in total. The second-order valence-electron chi connectivity index (χ2n) is 7.63. The Morgan fingerprint density at radius 2 is 2.08 bits per heavy atom. The third kappa shape index (κ3) is 2.93. The molecule has 1 aromatic heterocycles. The first-order valence-electron chi connectivity index (χ1n) is 9.28. The van der Waals surface area contributed by atoms with Crippen molar-refractivity contribution >= 4 is 11.3 Å². The molecule has 0 unspecified atom stereocenters. The number of piperidine rings is 1. The third-order valence-corrected chi connectivity index (χ3v) is 6.97. The minimum Gasteiger partial charge on any atom is -0.390 e. The van der Waals surface area contributed by atoms with Crippen LogP contribution in [0.25, 0.3) is 0 Å². The molecule has 2 aliphatic rings. The van der Waals surface area contributed by atoms with E-state index in [0.717, 1.165) is 31.6 Å². The van der Waals surface area contributed by atoms with Gasteiger partial charge in [0, 0.05) is 23.3 Å². The predicted molar refractivity (Wildman–Crippen MR) is 102 cm³/mol. The molecule has 0 saturated carbocycles. The molecule has 2 heterocycles. The summed E-state index contributed by atoms with van der Waals surface area (Å²) in [5.41, 5.74) is 3.56. The fourth-order valence-electron chi connectivity index (χ4n) is 4.41. The second-order valence-corrected chi connectivity index (χ2v) is 8.52. The van der Waals surface area contributed by atoms with E-state index in [0.29, 0.717) is 12.5 Å². The Hall–Kier alpha value is -1.27. The van der Waals surface area contributed by atoms with Crippen molar-refractivity contribution < 1.29 is 5.11 Å². The van der Waals surface area contributed by atoms with Crippen LogP contribution in [0.15, 0.2) is 29.6 Å². The summed E-state index contributed by atoms with van der Waals surface area (Å²) in [5.74, 6) is 0.467. The van der Waals surface area contributed by atoms with Gasteiger partial charge in [0.25, 0.3) is 0 Å². The lowest BCUT2D eigenvalue weighted by Crippen LogP contribution is -2.47. The van der Waals surface area contributed by atoms with Gasteiger partial charge in [0.15, 0.2) is 0 Å². The Bertz CT molecular complexity index is 736. The van der Waals surface area contributed by atoms with Crippen molar-refractivity contribution in [3.05, 3.63) is 51.5 Å². The monoisotopic (exact) mass is 357 g/mol. The SMILES string of the molecule is CC(C)c1nc(CN[C@@H]2c3ccccc3C3(CCNCC3)[C@H]2O)cs1. The van der Waals surface area contributed by atoms with Crippen molar-refractivity contribution in [2.24, 2.45) is 0 Å². The summed E-state index contributed by atoms with van der Waals surface area (Å²) in [6.45, 7) is 7.00. The van der Waals surface area contributed by atoms with Gasteiger partial charge in [0.1, 0.15) is 0 Å².